The molecule has 7 nitrogen and oxygen atoms in total. The number of aliphatic hydroxyl groups is 2. The van der Waals surface area contributed by atoms with E-state index in [0.717, 1.165) is 30.3 Å². The molecule has 0 radical (unpaired) electrons. The third-order valence-electron chi connectivity index (χ3n) is 7.87. The van der Waals surface area contributed by atoms with E-state index in [1.807, 2.05) is 0 Å². The first-order valence-corrected chi connectivity index (χ1v) is 14.2. The van der Waals surface area contributed by atoms with E-state index in [1.54, 1.807) is 0 Å². The summed E-state index contributed by atoms with van der Waals surface area (Å²) in [5.41, 5.74) is -2.14. The molecule has 2 aromatic carbocycles. The molecule has 3 N–H and O–H groups in total. The van der Waals surface area contributed by atoms with Gasteiger partial charge < -0.3 is 15.5 Å². The summed E-state index contributed by atoms with van der Waals surface area (Å²) in [6, 6.07) is 8.98. The number of fused-ring (bicyclic) bond motifs is 2. The summed E-state index contributed by atoms with van der Waals surface area (Å²) < 4.78 is 68.5. The topological polar surface area (TPSA) is 117 Å². The lowest BCUT2D eigenvalue weighted by Crippen LogP contribution is -2.52. The number of nitrogens with zero attached hydrogens (tertiary/aromatic N) is 1. The van der Waals surface area contributed by atoms with Gasteiger partial charge in [-0.2, -0.15) is 0 Å². The number of carbonyl (C=O) groups is 1. The molecule has 2 aliphatic rings. The van der Waals surface area contributed by atoms with Crippen LogP contribution in [0.5, 0.6) is 0 Å². The largest absolute Gasteiger partial charge is 0.386 e. The summed E-state index contributed by atoms with van der Waals surface area (Å²) in [7, 11) is -4.11. The maximum absolute atomic E-state index is 14.3. The molecule has 0 saturated heterocycles. The van der Waals surface area contributed by atoms with Crippen LogP contribution >= 0.6 is 11.6 Å². The Kier molecular flexibility index (Phi) is 7.21. The van der Waals surface area contributed by atoms with Gasteiger partial charge in [-0.05, 0) is 80.0 Å². The van der Waals surface area contributed by atoms with Crippen LogP contribution in [0.1, 0.15) is 47.8 Å². The number of pyridine rings is 1. The summed E-state index contributed by atoms with van der Waals surface area (Å²) in [6.45, 7) is 0. The fourth-order valence-electron chi connectivity index (χ4n) is 5.88. The van der Waals surface area contributed by atoms with Crippen molar-refractivity contribution in [3.8, 4) is 0 Å². The van der Waals surface area contributed by atoms with E-state index in [-0.39, 0.29) is 39.7 Å². The number of amides is 1. The van der Waals surface area contributed by atoms with Crippen molar-refractivity contribution in [3.63, 3.8) is 0 Å². The Morgan fingerprint density at radius 1 is 1.03 bits per heavy atom. The van der Waals surface area contributed by atoms with Crippen LogP contribution in [0.2, 0.25) is 5.02 Å². The summed E-state index contributed by atoms with van der Waals surface area (Å²) in [5, 5.41) is 23.8. The fourth-order valence-corrected chi connectivity index (χ4v) is 8.28. The molecule has 5 atom stereocenters. The van der Waals surface area contributed by atoms with Crippen LogP contribution in [-0.2, 0) is 9.84 Å². The zero-order valence-corrected chi connectivity index (χ0v) is 21.9. The second kappa shape index (κ2) is 10.2. The van der Waals surface area contributed by atoms with Gasteiger partial charge in [0.25, 0.3) is 5.91 Å². The molecule has 2 fully saturated rings. The molecular weight excluding hydrogens is 557 g/mol. The lowest BCUT2D eigenvalue weighted by atomic mass is 9.70. The molecule has 1 amide bonds. The highest BCUT2D eigenvalue weighted by molar-refractivity contribution is 7.92. The van der Waals surface area contributed by atoms with Crippen LogP contribution in [0, 0.1) is 29.3 Å². The Labute approximate surface area is 227 Å². The Morgan fingerprint density at radius 2 is 1.72 bits per heavy atom. The van der Waals surface area contributed by atoms with Crippen molar-refractivity contribution in [2.45, 2.75) is 47.5 Å². The normalized spacial score (nSPS) is 25.3. The molecule has 1 aromatic heterocycles. The Balaban J connectivity index is 1.39. The van der Waals surface area contributed by atoms with Crippen molar-refractivity contribution in [2.24, 2.45) is 11.8 Å². The van der Waals surface area contributed by atoms with Gasteiger partial charge in [0.1, 0.15) is 23.2 Å². The van der Waals surface area contributed by atoms with E-state index in [9.17, 15) is 36.6 Å². The van der Waals surface area contributed by atoms with Crippen molar-refractivity contribution in [3.05, 3.63) is 88.5 Å². The number of aromatic nitrogens is 1. The Hall–Kier alpha value is -2.99. The van der Waals surface area contributed by atoms with Gasteiger partial charge in [-0.25, -0.2) is 21.6 Å². The summed E-state index contributed by atoms with van der Waals surface area (Å²) in [5.74, 6) is -5.06. The van der Waals surface area contributed by atoms with Crippen LogP contribution in [0.25, 0.3) is 0 Å². The standard InChI is InChI=1S/C27H24ClF3N2O5S/c28-19-7-3-14(26(35)33-17-6-8-20(29)22(31)13-17)10-23(19)39(37,38)18-11-15-4-5-16(12-18)27(15,36)25(34)24-21(30)2-1-9-32-24/h1-3,6-10,13,15-16,18,25,34,36H,4-5,11-12H2,(H,33,35)/t15-,16?,18-,25?,27-/m0/s1. The minimum atomic E-state index is -4.11. The first-order chi connectivity index (χ1) is 18.4. The van der Waals surface area contributed by atoms with E-state index in [4.69, 9.17) is 11.6 Å². The molecule has 0 aliphatic heterocycles. The van der Waals surface area contributed by atoms with E-state index >= 15 is 0 Å². The van der Waals surface area contributed by atoms with Crippen molar-refractivity contribution < 1.29 is 36.6 Å². The van der Waals surface area contributed by atoms with E-state index in [1.165, 1.54) is 24.4 Å². The molecule has 39 heavy (non-hydrogen) atoms. The molecule has 1 heterocycles. The average Bonchev–Trinajstić information content (AvgIpc) is 3.06. The first kappa shape index (κ1) is 27.6. The number of sulfone groups is 1. The van der Waals surface area contributed by atoms with Crippen LogP contribution in [0.3, 0.4) is 0 Å². The molecule has 0 spiro atoms. The average molecular weight is 581 g/mol. The van der Waals surface area contributed by atoms with Gasteiger partial charge in [0, 0.05) is 23.5 Å². The SMILES string of the molecule is O=C(Nc1ccc(F)c(F)c1)c1ccc(Cl)c(S(=O)(=O)[C@@H]2CC3CC[C@@H](C2)[C@@]3(O)C(O)c2ncccc2F)c1. The maximum Gasteiger partial charge on any atom is 0.255 e. The first-order valence-electron chi connectivity index (χ1n) is 12.2. The second-order valence-corrected chi connectivity index (χ2v) is 12.6. The molecule has 206 valence electrons. The van der Waals surface area contributed by atoms with Gasteiger partial charge in [0.2, 0.25) is 0 Å². The number of nitrogens with one attached hydrogen (secondary N) is 1. The zero-order valence-electron chi connectivity index (χ0n) is 20.3. The molecule has 5 rings (SSSR count). The van der Waals surface area contributed by atoms with Gasteiger partial charge in [-0.3, -0.25) is 9.78 Å². The predicted molar refractivity (Wildman–Crippen MR) is 136 cm³/mol. The lowest BCUT2D eigenvalue weighted by molar-refractivity contribution is -0.146. The number of hydrogen-bond donors (Lipinski definition) is 3. The minimum Gasteiger partial charge on any atom is -0.386 e. The van der Waals surface area contributed by atoms with Gasteiger partial charge in [0.05, 0.1) is 15.2 Å². The quantitative estimate of drug-likeness (QED) is 0.384. The van der Waals surface area contributed by atoms with E-state index in [2.05, 4.69) is 10.3 Å². The Bertz CT molecular complexity index is 1540. The van der Waals surface area contributed by atoms with Gasteiger partial charge in [0.15, 0.2) is 21.5 Å². The molecule has 2 saturated carbocycles. The molecule has 2 bridgehead atoms. The van der Waals surface area contributed by atoms with Crippen LogP contribution < -0.4 is 5.32 Å². The molecular formula is C27H24ClF3N2O5S. The molecule has 2 unspecified atom stereocenters. The lowest BCUT2D eigenvalue weighted by Gasteiger charge is -2.45. The minimum absolute atomic E-state index is 0.0115. The summed E-state index contributed by atoms with van der Waals surface area (Å²) in [6.07, 6.45) is 0.518. The summed E-state index contributed by atoms with van der Waals surface area (Å²) in [4.78, 5) is 16.4. The van der Waals surface area contributed by atoms with Gasteiger partial charge in [-0.15, -0.1) is 0 Å². The van der Waals surface area contributed by atoms with Crippen molar-refractivity contribution >= 4 is 33.0 Å². The smallest absolute Gasteiger partial charge is 0.255 e. The third kappa shape index (κ3) is 4.82. The third-order valence-corrected chi connectivity index (χ3v) is 10.5. The number of benzene rings is 2. The van der Waals surface area contributed by atoms with E-state index in [0.29, 0.717) is 12.8 Å². The number of rotatable bonds is 6. The maximum atomic E-state index is 14.3. The highest BCUT2D eigenvalue weighted by Crippen LogP contribution is 2.56. The van der Waals surface area contributed by atoms with Crippen LogP contribution in [0.15, 0.2) is 59.6 Å². The van der Waals surface area contributed by atoms with Crippen molar-refractivity contribution in [2.75, 3.05) is 5.32 Å². The number of carbonyl (C=O) groups excluding carboxylic acids is 1. The monoisotopic (exact) mass is 580 g/mol. The Morgan fingerprint density at radius 3 is 2.36 bits per heavy atom. The number of anilines is 1. The highest BCUT2D eigenvalue weighted by atomic mass is 35.5. The van der Waals surface area contributed by atoms with Gasteiger partial charge >= 0.3 is 0 Å². The number of halogens is 4. The van der Waals surface area contributed by atoms with Crippen LogP contribution in [0.4, 0.5) is 18.9 Å². The number of aliphatic hydroxyl groups excluding tert-OH is 1. The van der Waals surface area contributed by atoms with Gasteiger partial charge in [-0.1, -0.05) is 11.6 Å². The molecule has 2 aliphatic carbocycles. The predicted octanol–water partition coefficient (Wildman–Crippen LogP) is 4.83. The van der Waals surface area contributed by atoms with Crippen LogP contribution in [-0.4, -0.2) is 40.4 Å². The van der Waals surface area contributed by atoms with E-state index < -0.39 is 62.0 Å². The van der Waals surface area contributed by atoms with Crippen molar-refractivity contribution in [1.29, 1.82) is 0 Å². The second-order valence-electron chi connectivity index (χ2n) is 10.00. The highest BCUT2D eigenvalue weighted by Gasteiger charge is 2.60. The van der Waals surface area contributed by atoms with Crippen molar-refractivity contribution in [1.82, 2.24) is 4.98 Å². The number of hydrogen-bond acceptors (Lipinski definition) is 6. The molecule has 3 aromatic rings. The fraction of sp³-hybridized carbons (Fsp3) is 0.333. The molecule has 12 heteroatoms. The summed E-state index contributed by atoms with van der Waals surface area (Å²) >= 11 is 6.25. The zero-order chi connectivity index (χ0) is 28.1.